The summed E-state index contributed by atoms with van der Waals surface area (Å²) in [5.74, 6) is -0.977. The zero-order chi connectivity index (χ0) is 14.6. The van der Waals surface area contributed by atoms with E-state index in [4.69, 9.17) is 4.74 Å². The highest BCUT2D eigenvalue weighted by molar-refractivity contribution is 5.79. The minimum atomic E-state index is -1.09. The predicted octanol–water partition coefficient (Wildman–Crippen LogP) is 0.370. The summed E-state index contributed by atoms with van der Waals surface area (Å²) in [5.41, 5.74) is -0.174. The molecule has 2 rings (SSSR count). The lowest BCUT2D eigenvalue weighted by molar-refractivity contribution is -0.148. The highest BCUT2D eigenvalue weighted by Gasteiger charge is 2.47. The van der Waals surface area contributed by atoms with Crippen molar-refractivity contribution in [2.45, 2.75) is 19.5 Å². The molecule has 0 spiro atoms. The van der Waals surface area contributed by atoms with Crippen LogP contribution in [0, 0.1) is 5.41 Å². The summed E-state index contributed by atoms with van der Waals surface area (Å²) in [6, 6.07) is 2.63. The van der Waals surface area contributed by atoms with Crippen LogP contribution in [-0.4, -0.2) is 41.3 Å². The third kappa shape index (κ3) is 3.05. The van der Waals surface area contributed by atoms with Gasteiger partial charge in [-0.2, -0.15) is 0 Å². The summed E-state index contributed by atoms with van der Waals surface area (Å²) < 4.78 is 5.17. The van der Waals surface area contributed by atoms with Crippen molar-refractivity contribution in [3.8, 4) is 0 Å². The number of aromatic nitrogens is 1. The number of carbonyl (C=O) groups is 2. The average molecular weight is 279 g/mol. The molecule has 20 heavy (non-hydrogen) atoms. The molecule has 0 radical (unpaired) electrons. The zero-order valence-electron chi connectivity index (χ0n) is 11.1. The summed E-state index contributed by atoms with van der Waals surface area (Å²) in [4.78, 5) is 26.9. The number of amides is 2. The second-order valence-corrected chi connectivity index (χ2v) is 4.97. The van der Waals surface area contributed by atoms with Gasteiger partial charge in [0.05, 0.1) is 19.3 Å². The molecule has 1 fully saturated rings. The van der Waals surface area contributed by atoms with Gasteiger partial charge in [-0.05, 0) is 24.6 Å². The molecule has 3 N–H and O–H groups in total. The summed E-state index contributed by atoms with van der Waals surface area (Å²) >= 11 is 0. The Kier molecular flexibility index (Phi) is 4.19. The molecule has 108 valence electrons. The van der Waals surface area contributed by atoms with Gasteiger partial charge in [0.1, 0.15) is 5.41 Å². The smallest absolute Gasteiger partial charge is 0.315 e. The van der Waals surface area contributed by atoms with Crippen LogP contribution in [0.3, 0.4) is 0 Å². The number of nitrogens with zero attached hydrogens (tertiary/aromatic N) is 1. The van der Waals surface area contributed by atoms with Gasteiger partial charge >= 0.3 is 12.0 Å². The fourth-order valence-corrected chi connectivity index (χ4v) is 1.98. The van der Waals surface area contributed by atoms with Gasteiger partial charge in [0.25, 0.3) is 0 Å². The second-order valence-electron chi connectivity index (χ2n) is 4.97. The van der Waals surface area contributed by atoms with Crippen LogP contribution in [-0.2, 0) is 16.1 Å². The van der Waals surface area contributed by atoms with Gasteiger partial charge in [0.2, 0.25) is 0 Å². The predicted molar refractivity (Wildman–Crippen MR) is 70.0 cm³/mol. The molecule has 1 aliphatic rings. The summed E-state index contributed by atoms with van der Waals surface area (Å²) in [6.07, 6.45) is 3.28. The first-order valence-electron chi connectivity index (χ1n) is 6.27. The number of carbonyl (C=O) groups excluding carboxylic acids is 1. The van der Waals surface area contributed by atoms with Gasteiger partial charge in [0, 0.05) is 18.9 Å². The Balaban J connectivity index is 1.87. The number of pyridine rings is 1. The van der Waals surface area contributed by atoms with E-state index in [2.05, 4.69) is 15.6 Å². The van der Waals surface area contributed by atoms with Gasteiger partial charge in [-0.3, -0.25) is 9.78 Å². The minimum Gasteiger partial charge on any atom is -0.481 e. The van der Waals surface area contributed by atoms with Crippen LogP contribution in [0.15, 0.2) is 24.5 Å². The number of aliphatic carboxylic acids is 1. The quantitative estimate of drug-likeness (QED) is 0.739. The Hall–Kier alpha value is -2.15. The van der Waals surface area contributed by atoms with Crippen LogP contribution in [0.1, 0.15) is 12.5 Å². The first-order valence-corrected chi connectivity index (χ1v) is 6.27. The van der Waals surface area contributed by atoms with Crippen molar-refractivity contribution in [1.29, 1.82) is 0 Å². The SMILES string of the molecule is CC1(C(=O)O)COCC1NC(=O)NCc1ccncc1. The molecule has 7 heteroatoms. The fraction of sp³-hybridized carbons (Fsp3) is 0.462. The van der Waals surface area contributed by atoms with Gasteiger partial charge in [0.15, 0.2) is 0 Å². The van der Waals surface area contributed by atoms with Gasteiger partial charge in [-0.1, -0.05) is 0 Å². The van der Waals surface area contributed by atoms with Crippen molar-refractivity contribution < 1.29 is 19.4 Å². The van der Waals surface area contributed by atoms with E-state index in [-0.39, 0.29) is 13.2 Å². The molecule has 0 saturated carbocycles. The van der Waals surface area contributed by atoms with E-state index >= 15 is 0 Å². The van der Waals surface area contributed by atoms with Crippen LogP contribution >= 0.6 is 0 Å². The lowest BCUT2D eigenvalue weighted by Gasteiger charge is -2.25. The third-order valence-corrected chi connectivity index (χ3v) is 3.45. The Morgan fingerprint density at radius 3 is 2.85 bits per heavy atom. The monoisotopic (exact) mass is 279 g/mol. The summed E-state index contributed by atoms with van der Waals surface area (Å²) in [5, 5.41) is 14.5. The van der Waals surface area contributed by atoms with E-state index in [1.807, 2.05) is 0 Å². The second kappa shape index (κ2) is 5.87. The number of hydrogen-bond acceptors (Lipinski definition) is 4. The van der Waals surface area contributed by atoms with Gasteiger partial charge in [-0.15, -0.1) is 0 Å². The van der Waals surface area contributed by atoms with Crippen LogP contribution < -0.4 is 10.6 Å². The van der Waals surface area contributed by atoms with E-state index in [1.165, 1.54) is 0 Å². The van der Waals surface area contributed by atoms with Crippen molar-refractivity contribution in [3.05, 3.63) is 30.1 Å². The molecule has 1 aromatic heterocycles. The Labute approximate surface area is 116 Å². The highest BCUT2D eigenvalue weighted by Crippen LogP contribution is 2.28. The van der Waals surface area contributed by atoms with Crippen molar-refractivity contribution in [2.24, 2.45) is 5.41 Å². The first kappa shape index (κ1) is 14.3. The summed E-state index contributed by atoms with van der Waals surface area (Å²) in [7, 11) is 0. The molecule has 0 aromatic carbocycles. The molecule has 2 atom stereocenters. The number of carboxylic acids is 1. The average Bonchev–Trinajstić information content (AvgIpc) is 2.80. The molecule has 0 bridgehead atoms. The summed E-state index contributed by atoms with van der Waals surface area (Å²) in [6.45, 7) is 2.21. The van der Waals surface area contributed by atoms with Crippen LogP contribution in [0.5, 0.6) is 0 Å². The standard InChI is InChI=1S/C13H17N3O4/c1-13(11(17)18)8-20-7-10(13)16-12(19)15-6-9-2-4-14-5-3-9/h2-5,10H,6-8H2,1H3,(H,17,18)(H2,15,16,19). The van der Waals surface area contributed by atoms with Crippen LogP contribution in [0.2, 0.25) is 0 Å². The molecule has 7 nitrogen and oxygen atoms in total. The Morgan fingerprint density at radius 1 is 1.50 bits per heavy atom. The van der Waals surface area contributed by atoms with Crippen LogP contribution in [0.4, 0.5) is 4.79 Å². The molecular weight excluding hydrogens is 262 g/mol. The number of nitrogens with one attached hydrogen (secondary N) is 2. The lowest BCUT2D eigenvalue weighted by Crippen LogP contribution is -2.52. The maximum atomic E-state index is 11.8. The van der Waals surface area contributed by atoms with Gasteiger partial charge < -0.3 is 20.5 Å². The normalized spacial score (nSPS) is 25.1. The Bertz CT molecular complexity index is 494. The van der Waals surface area contributed by atoms with Crippen LogP contribution in [0.25, 0.3) is 0 Å². The molecule has 1 aliphatic heterocycles. The molecule has 2 amide bonds. The number of hydrogen-bond donors (Lipinski definition) is 3. The zero-order valence-corrected chi connectivity index (χ0v) is 11.1. The van der Waals surface area contributed by atoms with Crippen molar-refractivity contribution in [3.63, 3.8) is 0 Å². The van der Waals surface area contributed by atoms with Gasteiger partial charge in [-0.25, -0.2) is 4.79 Å². The maximum absolute atomic E-state index is 11.8. The van der Waals surface area contributed by atoms with E-state index in [0.717, 1.165) is 5.56 Å². The maximum Gasteiger partial charge on any atom is 0.315 e. The molecule has 1 aromatic rings. The minimum absolute atomic E-state index is 0.0949. The molecular formula is C13H17N3O4. The van der Waals surface area contributed by atoms with E-state index in [0.29, 0.717) is 6.54 Å². The highest BCUT2D eigenvalue weighted by atomic mass is 16.5. The van der Waals surface area contributed by atoms with Crippen molar-refractivity contribution in [2.75, 3.05) is 13.2 Å². The third-order valence-electron chi connectivity index (χ3n) is 3.45. The Morgan fingerprint density at radius 2 is 2.20 bits per heavy atom. The molecule has 1 saturated heterocycles. The largest absolute Gasteiger partial charge is 0.481 e. The molecule has 0 aliphatic carbocycles. The number of ether oxygens (including phenoxy) is 1. The first-order chi connectivity index (χ1) is 9.52. The number of carboxylic acid groups (broad SMARTS) is 1. The number of urea groups is 1. The lowest BCUT2D eigenvalue weighted by atomic mass is 9.85. The number of rotatable bonds is 4. The van der Waals surface area contributed by atoms with E-state index < -0.39 is 23.5 Å². The molecule has 2 heterocycles. The van der Waals surface area contributed by atoms with Crippen molar-refractivity contribution in [1.82, 2.24) is 15.6 Å². The van der Waals surface area contributed by atoms with Crippen molar-refractivity contribution >= 4 is 12.0 Å². The van der Waals surface area contributed by atoms with E-state index in [9.17, 15) is 14.7 Å². The topological polar surface area (TPSA) is 101 Å². The molecule has 2 unspecified atom stereocenters. The van der Waals surface area contributed by atoms with E-state index in [1.54, 1.807) is 31.5 Å². The fourth-order valence-electron chi connectivity index (χ4n) is 1.98.